The van der Waals surface area contributed by atoms with E-state index in [1.54, 1.807) is 6.07 Å². The lowest BCUT2D eigenvalue weighted by atomic mass is 9.87. The molecule has 0 aromatic heterocycles. The third kappa shape index (κ3) is 3.38. The summed E-state index contributed by atoms with van der Waals surface area (Å²) in [5, 5.41) is 11.6. The number of likely N-dealkylation sites (tertiary alicyclic amines) is 1. The van der Waals surface area contributed by atoms with Crippen molar-refractivity contribution in [2.45, 2.75) is 31.0 Å². The summed E-state index contributed by atoms with van der Waals surface area (Å²) in [5.74, 6) is -0.274. The summed E-state index contributed by atoms with van der Waals surface area (Å²) in [7, 11) is 0. The summed E-state index contributed by atoms with van der Waals surface area (Å²) < 4.78 is 19.6. The molecule has 0 aliphatic carbocycles. The fourth-order valence-electron chi connectivity index (χ4n) is 4.86. The molecule has 2 heterocycles. The number of nitrogens with zero attached hydrogens (tertiary/aromatic N) is 1. The Kier molecular flexibility index (Phi) is 4.80. The Balaban J connectivity index is 1.45. The van der Waals surface area contributed by atoms with Gasteiger partial charge in [0.15, 0.2) is 0 Å². The van der Waals surface area contributed by atoms with E-state index in [4.69, 9.17) is 4.74 Å². The number of carbonyl (C=O) groups is 1. The fraction of sp³-hybridized carbons (Fsp3) is 0.320. The number of aliphatic hydroxyl groups is 1. The van der Waals surface area contributed by atoms with Crippen molar-refractivity contribution in [2.75, 3.05) is 19.7 Å². The minimum Gasteiger partial charge on any atom is -0.391 e. The van der Waals surface area contributed by atoms with E-state index in [2.05, 4.69) is 0 Å². The van der Waals surface area contributed by atoms with E-state index in [1.165, 1.54) is 12.1 Å². The maximum atomic E-state index is 13.8. The van der Waals surface area contributed by atoms with Crippen LogP contribution in [-0.2, 0) is 4.74 Å². The Morgan fingerprint density at radius 3 is 2.50 bits per heavy atom. The van der Waals surface area contributed by atoms with Gasteiger partial charge in [-0.3, -0.25) is 4.79 Å². The average molecular weight is 405 g/mol. The van der Waals surface area contributed by atoms with Gasteiger partial charge >= 0.3 is 0 Å². The third-order valence-electron chi connectivity index (χ3n) is 6.44. The van der Waals surface area contributed by atoms with Crippen LogP contribution >= 0.6 is 0 Å². The fourth-order valence-corrected chi connectivity index (χ4v) is 4.86. The molecular formula is C25H24FNO3. The van der Waals surface area contributed by atoms with Crippen LogP contribution in [0.2, 0.25) is 0 Å². The average Bonchev–Trinajstić information content (AvgIpc) is 3.12. The first-order chi connectivity index (χ1) is 14.5. The molecule has 30 heavy (non-hydrogen) atoms. The Bertz CT molecular complexity index is 1100. The highest BCUT2D eigenvalue weighted by Gasteiger charge is 2.43. The van der Waals surface area contributed by atoms with E-state index in [9.17, 15) is 14.3 Å². The number of hydrogen-bond acceptors (Lipinski definition) is 3. The van der Waals surface area contributed by atoms with E-state index < -0.39 is 6.10 Å². The van der Waals surface area contributed by atoms with Crippen LogP contribution in [0.15, 0.2) is 60.7 Å². The molecule has 0 bridgehead atoms. The first kappa shape index (κ1) is 19.2. The molecule has 1 amide bonds. The lowest BCUT2D eigenvalue weighted by Crippen LogP contribution is -2.46. The number of rotatable bonds is 2. The van der Waals surface area contributed by atoms with Crippen LogP contribution in [0.25, 0.3) is 21.9 Å². The summed E-state index contributed by atoms with van der Waals surface area (Å²) in [6, 6.07) is 18.1. The normalized spacial score (nSPS) is 20.7. The second-order valence-corrected chi connectivity index (χ2v) is 8.36. The molecule has 0 radical (unpaired) electrons. The van der Waals surface area contributed by atoms with Crippen molar-refractivity contribution < 1.29 is 19.0 Å². The number of carbonyl (C=O) groups excluding carboxylic acids is 1. The molecule has 5 heteroatoms. The predicted molar refractivity (Wildman–Crippen MR) is 114 cm³/mol. The number of fused-ring (bicyclic) bond motifs is 1. The second kappa shape index (κ2) is 7.49. The molecule has 2 aliphatic rings. The van der Waals surface area contributed by atoms with Gasteiger partial charge in [-0.25, -0.2) is 4.39 Å². The molecule has 154 valence electrons. The Hall–Kier alpha value is -2.76. The lowest BCUT2D eigenvalue weighted by molar-refractivity contribution is -0.0397. The Morgan fingerprint density at radius 2 is 1.77 bits per heavy atom. The third-order valence-corrected chi connectivity index (χ3v) is 6.44. The van der Waals surface area contributed by atoms with Crippen molar-refractivity contribution in [3.05, 3.63) is 72.0 Å². The van der Waals surface area contributed by atoms with Gasteiger partial charge in [0.05, 0.1) is 18.3 Å². The summed E-state index contributed by atoms with van der Waals surface area (Å²) in [4.78, 5) is 15.2. The summed E-state index contributed by atoms with van der Waals surface area (Å²) in [6.45, 7) is 1.62. The predicted octanol–water partition coefficient (Wildman–Crippen LogP) is 4.40. The highest BCUT2D eigenvalue weighted by Crippen LogP contribution is 2.37. The van der Waals surface area contributed by atoms with Crippen LogP contribution in [0.1, 0.15) is 29.6 Å². The largest absolute Gasteiger partial charge is 0.391 e. The number of hydrogen-bond donors (Lipinski definition) is 1. The first-order valence-corrected chi connectivity index (χ1v) is 10.4. The Morgan fingerprint density at radius 1 is 1.03 bits per heavy atom. The molecule has 2 aliphatic heterocycles. The number of benzene rings is 3. The summed E-state index contributed by atoms with van der Waals surface area (Å²) >= 11 is 0. The van der Waals surface area contributed by atoms with Gasteiger partial charge in [-0.05, 0) is 52.9 Å². The van der Waals surface area contributed by atoms with Gasteiger partial charge in [-0.15, -0.1) is 0 Å². The van der Waals surface area contributed by atoms with Gasteiger partial charge in [0, 0.05) is 25.1 Å². The van der Waals surface area contributed by atoms with Gasteiger partial charge in [0.25, 0.3) is 5.91 Å². The van der Waals surface area contributed by atoms with Crippen LogP contribution in [0.4, 0.5) is 4.39 Å². The van der Waals surface area contributed by atoms with E-state index >= 15 is 0 Å². The van der Waals surface area contributed by atoms with E-state index in [1.807, 2.05) is 47.4 Å². The van der Waals surface area contributed by atoms with Crippen molar-refractivity contribution >= 4 is 16.7 Å². The monoisotopic (exact) mass is 405 g/mol. The molecule has 1 unspecified atom stereocenters. The highest BCUT2D eigenvalue weighted by atomic mass is 19.1. The van der Waals surface area contributed by atoms with Crippen molar-refractivity contribution in [1.29, 1.82) is 0 Å². The van der Waals surface area contributed by atoms with Gasteiger partial charge < -0.3 is 14.7 Å². The molecule has 4 nitrogen and oxygen atoms in total. The maximum Gasteiger partial charge on any atom is 0.254 e. The smallest absolute Gasteiger partial charge is 0.254 e. The second-order valence-electron chi connectivity index (χ2n) is 8.36. The van der Waals surface area contributed by atoms with Crippen molar-refractivity contribution in [1.82, 2.24) is 4.90 Å². The molecule has 3 aromatic carbocycles. The standard InChI is InChI=1S/C25H24FNO3/c26-18-5-1-4-17(14-18)20-6-2-8-22-21(20)7-3-9-23(22)24(29)27-12-10-25(11-13-27)15-19(28)16-30-25/h1-9,14,19,28H,10-13,15-16H2. The molecule has 1 atom stereocenters. The molecule has 2 saturated heterocycles. The van der Waals surface area contributed by atoms with Gasteiger partial charge in [-0.2, -0.15) is 0 Å². The zero-order chi connectivity index (χ0) is 20.7. The zero-order valence-electron chi connectivity index (χ0n) is 16.7. The number of aliphatic hydroxyl groups excluding tert-OH is 1. The van der Waals surface area contributed by atoms with Crippen LogP contribution in [-0.4, -0.2) is 47.3 Å². The van der Waals surface area contributed by atoms with Crippen LogP contribution in [0, 0.1) is 5.82 Å². The van der Waals surface area contributed by atoms with Gasteiger partial charge in [0.2, 0.25) is 0 Å². The van der Waals surface area contributed by atoms with Crippen molar-refractivity contribution in [3.63, 3.8) is 0 Å². The summed E-state index contributed by atoms with van der Waals surface area (Å²) in [5.41, 5.74) is 2.09. The molecule has 0 saturated carbocycles. The minimum absolute atomic E-state index is 0.00499. The van der Waals surface area contributed by atoms with Crippen LogP contribution < -0.4 is 0 Å². The quantitative estimate of drug-likeness (QED) is 0.687. The molecule has 2 fully saturated rings. The molecular weight excluding hydrogens is 381 g/mol. The number of ether oxygens (including phenoxy) is 1. The molecule has 1 spiro atoms. The number of piperidine rings is 1. The van der Waals surface area contributed by atoms with Crippen LogP contribution in [0.5, 0.6) is 0 Å². The molecule has 1 N–H and O–H groups in total. The molecule has 5 rings (SSSR count). The van der Waals surface area contributed by atoms with Crippen LogP contribution in [0.3, 0.4) is 0 Å². The van der Waals surface area contributed by atoms with E-state index in [0.29, 0.717) is 31.7 Å². The van der Waals surface area contributed by atoms with Crippen molar-refractivity contribution in [2.24, 2.45) is 0 Å². The van der Waals surface area contributed by atoms with E-state index in [0.717, 1.165) is 34.7 Å². The molecule has 3 aromatic rings. The Labute approximate surface area is 174 Å². The highest BCUT2D eigenvalue weighted by molar-refractivity contribution is 6.10. The van der Waals surface area contributed by atoms with Crippen molar-refractivity contribution in [3.8, 4) is 11.1 Å². The first-order valence-electron chi connectivity index (χ1n) is 10.4. The zero-order valence-corrected chi connectivity index (χ0v) is 16.7. The SMILES string of the molecule is O=C(c1cccc2c(-c3cccc(F)c3)cccc12)N1CCC2(CC1)CC(O)CO2. The number of amides is 1. The number of halogens is 1. The topological polar surface area (TPSA) is 49.8 Å². The van der Waals surface area contributed by atoms with Gasteiger partial charge in [0.1, 0.15) is 5.82 Å². The lowest BCUT2D eigenvalue weighted by Gasteiger charge is -2.38. The van der Waals surface area contributed by atoms with E-state index in [-0.39, 0.29) is 17.3 Å². The maximum absolute atomic E-state index is 13.8. The summed E-state index contributed by atoms with van der Waals surface area (Å²) in [6.07, 6.45) is 1.75. The minimum atomic E-state index is -0.397. The van der Waals surface area contributed by atoms with Gasteiger partial charge in [-0.1, -0.05) is 42.5 Å².